The molecule has 5 heteroatoms. The highest BCUT2D eigenvalue weighted by atomic mass is 16.6. The van der Waals surface area contributed by atoms with Gasteiger partial charge in [0.25, 0.3) is 0 Å². The predicted molar refractivity (Wildman–Crippen MR) is 68.3 cm³/mol. The zero-order valence-corrected chi connectivity index (χ0v) is 10.4. The average Bonchev–Trinajstić information content (AvgIpc) is 2.17. The standard InChI is InChI=1S/C12H19N3O2/c1-12(2,3)17-11(16)15-7-8-6-9(13)4-5-10(8)14/h4-6H,7,13-14H2,1-3H3,(H,15,16). The van der Waals surface area contributed by atoms with Gasteiger partial charge >= 0.3 is 6.09 Å². The van der Waals surface area contributed by atoms with Crippen molar-refractivity contribution in [2.75, 3.05) is 11.5 Å². The van der Waals surface area contributed by atoms with Gasteiger partial charge in [-0.15, -0.1) is 0 Å². The first-order valence-electron chi connectivity index (χ1n) is 5.38. The van der Waals surface area contributed by atoms with Gasteiger partial charge in [-0.05, 0) is 44.5 Å². The number of nitrogens with two attached hydrogens (primary N) is 2. The minimum atomic E-state index is -0.509. The predicted octanol–water partition coefficient (Wildman–Crippen LogP) is 1.88. The van der Waals surface area contributed by atoms with E-state index in [-0.39, 0.29) is 0 Å². The Morgan fingerprint density at radius 2 is 2.00 bits per heavy atom. The van der Waals surface area contributed by atoms with Gasteiger partial charge in [0.05, 0.1) is 0 Å². The molecule has 0 spiro atoms. The number of nitrogen functional groups attached to an aromatic ring is 2. The van der Waals surface area contributed by atoms with Crippen molar-refractivity contribution in [3.63, 3.8) is 0 Å². The first-order valence-corrected chi connectivity index (χ1v) is 5.38. The van der Waals surface area contributed by atoms with E-state index in [1.54, 1.807) is 39.0 Å². The Balaban J connectivity index is 2.56. The van der Waals surface area contributed by atoms with E-state index in [9.17, 15) is 4.79 Å². The second-order valence-corrected chi connectivity index (χ2v) is 4.81. The van der Waals surface area contributed by atoms with Crippen LogP contribution in [0.3, 0.4) is 0 Å². The number of alkyl carbamates (subject to hydrolysis) is 1. The van der Waals surface area contributed by atoms with Gasteiger partial charge in [-0.3, -0.25) is 0 Å². The molecule has 1 aromatic rings. The fourth-order valence-corrected chi connectivity index (χ4v) is 1.26. The van der Waals surface area contributed by atoms with Crippen LogP contribution in [0.5, 0.6) is 0 Å². The molecule has 17 heavy (non-hydrogen) atoms. The van der Waals surface area contributed by atoms with Crippen LogP contribution in [-0.4, -0.2) is 11.7 Å². The number of benzene rings is 1. The highest BCUT2D eigenvalue weighted by Crippen LogP contribution is 2.15. The summed E-state index contributed by atoms with van der Waals surface area (Å²) < 4.78 is 5.11. The van der Waals surface area contributed by atoms with Gasteiger partial charge in [0.15, 0.2) is 0 Å². The summed E-state index contributed by atoms with van der Waals surface area (Å²) in [7, 11) is 0. The van der Waals surface area contributed by atoms with Crippen molar-refractivity contribution in [3.8, 4) is 0 Å². The molecule has 5 N–H and O–H groups in total. The van der Waals surface area contributed by atoms with E-state index < -0.39 is 11.7 Å². The number of ether oxygens (including phenoxy) is 1. The molecule has 0 saturated heterocycles. The normalized spacial score (nSPS) is 11.0. The molecular weight excluding hydrogens is 218 g/mol. The van der Waals surface area contributed by atoms with Gasteiger partial charge in [0.2, 0.25) is 0 Å². The van der Waals surface area contributed by atoms with Crippen LogP contribution < -0.4 is 16.8 Å². The van der Waals surface area contributed by atoms with Crippen LogP contribution in [0.2, 0.25) is 0 Å². The summed E-state index contributed by atoms with van der Waals surface area (Å²) in [6, 6.07) is 5.15. The fourth-order valence-electron chi connectivity index (χ4n) is 1.26. The highest BCUT2D eigenvalue weighted by Gasteiger charge is 2.15. The largest absolute Gasteiger partial charge is 0.444 e. The molecule has 0 aromatic heterocycles. The Kier molecular flexibility index (Phi) is 3.83. The van der Waals surface area contributed by atoms with Gasteiger partial charge in [0.1, 0.15) is 5.60 Å². The van der Waals surface area contributed by atoms with E-state index in [0.29, 0.717) is 17.9 Å². The molecular formula is C12H19N3O2. The lowest BCUT2D eigenvalue weighted by Gasteiger charge is -2.19. The van der Waals surface area contributed by atoms with Crippen LogP contribution in [-0.2, 0) is 11.3 Å². The Hall–Kier alpha value is -1.91. The third-order valence-corrected chi connectivity index (χ3v) is 1.99. The van der Waals surface area contributed by atoms with Crippen LogP contribution in [0, 0.1) is 0 Å². The summed E-state index contributed by atoms with van der Waals surface area (Å²) in [6.45, 7) is 5.72. The van der Waals surface area contributed by atoms with Crippen LogP contribution in [0.15, 0.2) is 18.2 Å². The van der Waals surface area contributed by atoms with Gasteiger partial charge < -0.3 is 21.5 Å². The molecule has 0 heterocycles. The van der Waals surface area contributed by atoms with Crippen molar-refractivity contribution >= 4 is 17.5 Å². The lowest BCUT2D eigenvalue weighted by Crippen LogP contribution is -2.32. The Morgan fingerprint density at radius 3 is 2.59 bits per heavy atom. The number of hydrogen-bond acceptors (Lipinski definition) is 4. The fraction of sp³-hybridized carbons (Fsp3) is 0.417. The molecule has 0 bridgehead atoms. The van der Waals surface area contributed by atoms with Crippen molar-refractivity contribution in [2.45, 2.75) is 32.9 Å². The maximum absolute atomic E-state index is 11.4. The number of anilines is 2. The first kappa shape index (κ1) is 13.2. The van der Waals surface area contributed by atoms with Gasteiger partial charge in [0, 0.05) is 17.9 Å². The lowest BCUT2D eigenvalue weighted by atomic mass is 10.1. The lowest BCUT2D eigenvalue weighted by molar-refractivity contribution is 0.0523. The summed E-state index contributed by atoms with van der Waals surface area (Å²) in [5.41, 5.74) is 12.9. The van der Waals surface area contributed by atoms with Crippen molar-refractivity contribution in [2.24, 2.45) is 0 Å². The molecule has 0 radical (unpaired) electrons. The molecule has 1 aromatic carbocycles. The zero-order chi connectivity index (χ0) is 13.1. The molecule has 94 valence electrons. The SMILES string of the molecule is CC(C)(C)OC(=O)NCc1cc(N)ccc1N. The molecule has 0 atom stereocenters. The molecule has 0 aliphatic carbocycles. The van der Waals surface area contributed by atoms with Crippen molar-refractivity contribution < 1.29 is 9.53 Å². The third-order valence-electron chi connectivity index (χ3n) is 1.99. The van der Waals surface area contributed by atoms with Crippen LogP contribution in [0.4, 0.5) is 16.2 Å². The molecule has 0 unspecified atom stereocenters. The molecule has 5 nitrogen and oxygen atoms in total. The quantitative estimate of drug-likeness (QED) is 0.685. The molecule has 0 fully saturated rings. The summed E-state index contributed by atoms with van der Waals surface area (Å²) in [5, 5.41) is 2.63. The topological polar surface area (TPSA) is 90.4 Å². The van der Waals surface area contributed by atoms with Crippen molar-refractivity contribution in [3.05, 3.63) is 23.8 Å². The second kappa shape index (κ2) is 4.95. The number of carbonyl (C=O) groups excluding carboxylic acids is 1. The monoisotopic (exact) mass is 237 g/mol. The van der Waals surface area contributed by atoms with Crippen molar-refractivity contribution in [1.29, 1.82) is 0 Å². The number of hydrogen-bond donors (Lipinski definition) is 3. The van der Waals surface area contributed by atoms with E-state index >= 15 is 0 Å². The third kappa shape index (κ3) is 4.63. The second-order valence-electron chi connectivity index (χ2n) is 4.81. The summed E-state index contributed by atoms with van der Waals surface area (Å²) in [4.78, 5) is 11.4. The Bertz CT molecular complexity index is 411. The van der Waals surface area contributed by atoms with Crippen molar-refractivity contribution in [1.82, 2.24) is 5.32 Å². The molecule has 1 amide bonds. The molecule has 0 saturated carbocycles. The van der Waals surface area contributed by atoms with Crippen LogP contribution >= 0.6 is 0 Å². The zero-order valence-electron chi connectivity index (χ0n) is 10.4. The summed E-state index contributed by atoms with van der Waals surface area (Å²) in [5.74, 6) is 0. The number of carbonyl (C=O) groups is 1. The van der Waals surface area contributed by atoms with Gasteiger partial charge in [-0.25, -0.2) is 4.79 Å². The number of amides is 1. The highest BCUT2D eigenvalue weighted by molar-refractivity contribution is 5.68. The maximum Gasteiger partial charge on any atom is 0.407 e. The van der Waals surface area contributed by atoms with Crippen LogP contribution in [0.25, 0.3) is 0 Å². The number of rotatable bonds is 2. The van der Waals surface area contributed by atoms with Crippen LogP contribution in [0.1, 0.15) is 26.3 Å². The number of nitrogens with one attached hydrogen (secondary N) is 1. The first-order chi connectivity index (χ1) is 7.78. The minimum Gasteiger partial charge on any atom is -0.444 e. The van der Waals surface area contributed by atoms with E-state index in [0.717, 1.165) is 5.56 Å². The van der Waals surface area contributed by atoms with E-state index in [4.69, 9.17) is 16.2 Å². The van der Waals surface area contributed by atoms with Gasteiger partial charge in [-0.1, -0.05) is 0 Å². The minimum absolute atomic E-state index is 0.297. The molecule has 1 rings (SSSR count). The Morgan fingerprint density at radius 1 is 1.35 bits per heavy atom. The molecule has 0 aliphatic rings. The van der Waals surface area contributed by atoms with E-state index in [2.05, 4.69) is 5.32 Å². The smallest absolute Gasteiger partial charge is 0.407 e. The summed E-state index contributed by atoms with van der Waals surface area (Å²) >= 11 is 0. The summed E-state index contributed by atoms with van der Waals surface area (Å²) in [6.07, 6.45) is -0.473. The van der Waals surface area contributed by atoms with E-state index in [1.165, 1.54) is 0 Å². The average molecular weight is 237 g/mol. The molecule has 0 aliphatic heterocycles. The Labute approximate surface area is 101 Å². The van der Waals surface area contributed by atoms with Gasteiger partial charge in [-0.2, -0.15) is 0 Å². The van der Waals surface area contributed by atoms with E-state index in [1.807, 2.05) is 0 Å². The maximum atomic E-state index is 11.4.